The van der Waals surface area contributed by atoms with E-state index in [2.05, 4.69) is 10.1 Å². The standard InChI is InChI=1S/C21H27N4O9P/c1-13(2)32-20(27)14(3)24-35(30,34-15-7-5-4-6-8-15)31-12-16-11-17(26)19(33-16)25-10-9-18(23-29)22-21(25)28/h4-11,13-14,17,19,26,29H,12H2,1-3H3,(H,24,30)(H,22,23,28)/t14-,17+,19+,35?/m0/s1. The SMILES string of the molecule is CC(C)OC(=O)[C@H](C)NP(=O)(OCC1=C[C@@H](O)[C@H](n2ccc(NO)nc2=O)O1)Oc1ccccc1. The highest BCUT2D eigenvalue weighted by atomic mass is 31.2. The van der Waals surface area contributed by atoms with E-state index in [9.17, 15) is 19.3 Å². The summed E-state index contributed by atoms with van der Waals surface area (Å²) < 4.78 is 36.3. The summed E-state index contributed by atoms with van der Waals surface area (Å²) in [6.07, 6.45) is -0.241. The Morgan fingerprint density at radius 2 is 1.97 bits per heavy atom. The van der Waals surface area contributed by atoms with Gasteiger partial charge in [0.25, 0.3) is 0 Å². The average molecular weight is 510 g/mol. The van der Waals surface area contributed by atoms with Crippen LogP contribution in [0.4, 0.5) is 5.82 Å². The molecule has 0 bridgehead atoms. The number of hydrogen-bond donors (Lipinski definition) is 4. The van der Waals surface area contributed by atoms with Gasteiger partial charge in [0.2, 0.25) is 6.23 Å². The Morgan fingerprint density at radius 1 is 1.26 bits per heavy atom. The number of carbonyl (C=O) groups excluding carboxylic acids is 1. The van der Waals surface area contributed by atoms with Gasteiger partial charge in [0.1, 0.15) is 30.3 Å². The number of carbonyl (C=O) groups is 1. The van der Waals surface area contributed by atoms with Crippen molar-refractivity contribution in [3.8, 4) is 5.75 Å². The van der Waals surface area contributed by atoms with Crippen LogP contribution in [0.2, 0.25) is 0 Å². The van der Waals surface area contributed by atoms with Crippen LogP contribution >= 0.6 is 7.75 Å². The highest BCUT2D eigenvalue weighted by Crippen LogP contribution is 2.45. The van der Waals surface area contributed by atoms with E-state index in [-0.39, 0.29) is 23.4 Å². The molecule has 0 saturated carbocycles. The zero-order chi connectivity index (χ0) is 25.6. The zero-order valence-corrected chi connectivity index (χ0v) is 20.1. The summed E-state index contributed by atoms with van der Waals surface area (Å²) in [4.78, 5) is 28.0. The van der Waals surface area contributed by atoms with Crippen molar-refractivity contribution in [1.82, 2.24) is 14.6 Å². The second kappa shape index (κ2) is 11.5. The van der Waals surface area contributed by atoms with Crippen molar-refractivity contribution < 1.29 is 38.2 Å². The number of aromatic nitrogens is 2. The van der Waals surface area contributed by atoms with Gasteiger partial charge >= 0.3 is 19.4 Å². The molecule has 4 N–H and O–H groups in total. The van der Waals surface area contributed by atoms with Gasteiger partial charge in [-0.25, -0.2) is 9.36 Å². The number of nitrogens with one attached hydrogen (secondary N) is 2. The minimum atomic E-state index is -4.15. The van der Waals surface area contributed by atoms with Crippen molar-refractivity contribution in [3.63, 3.8) is 0 Å². The molecule has 35 heavy (non-hydrogen) atoms. The van der Waals surface area contributed by atoms with Crippen LogP contribution in [0.25, 0.3) is 0 Å². The van der Waals surface area contributed by atoms with Crippen LogP contribution in [0.15, 0.2) is 59.2 Å². The topological polar surface area (TPSA) is 170 Å². The summed E-state index contributed by atoms with van der Waals surface area (Å²) in [5.41, 5.74) is 0.960. The molecule has 0 aliphatic carbocycles. The summed E-state index contributed by atoms with van der Waals surface area (Å²) in [7, 11) is -4.15. The number of hydrogen-bond acceptors (Lipinski definition) is 11. The molecule has 1 aromatic heterocycles. The first-order chi connectivity index (χ1) is 16.6. The molecule has 190 valence electrons. The van der Waals surface area contributed by atoms with E-state index in [1.54, 1.807) is 49.7 Å². The first-order valence-corrected chi connectivity index (χ1v) is 12.2. The first-order valence-electron chi connectivity index (χ1n) is 10.6. The molecular weight excluding hydrogens is 483 g/mol. The first kappa shape index (κ1) is 26.4. The lowest BCUT2D eigenvalue weighted by molar-refractivity contribution is -0.149. The maximum absolute atomic E-state index is 13.5. The van der Waals surface area contributed by atoms with Crippen LogP contribution in [0.3, 0.4) is 0 Å². The van der Waals surface area contributed by atoms with Crippen molar-refractivity contribution in [2.24, 2.45) is 0 Å². The largest absolute Gasteiger partial charge is 0.469 e. The fourth-order valence-electron chi connectivity index (χ4n) is 2.99. The minimum absolute atomic E-state index is 0.0647. The number of anilines is 1. The Kier molecular flexibility index (Phi) is 8.65. The number of para-hydroxylation sites is 1. The third-order valence-corrected chi connectivity index (χ3v) is 6.17. The van der Waals surface area contributed by atoms with Crippen LogP contribution in [-0.4, -0.2) is 50.7 Å². The molecule has 2 heterocycles. The number of rotatable bonds is 11. The smallest absolute Gasteiger partial charge is 0.459 e. The second-order valence-corrected chi connectivity index (χ2v) is 9.45. The fourth-order valence-corrected chi connectivity index (χ4v) is 4.45. The maximum Gasteiger partial charge on any atom is 0.459 e. The highest BCUT2D eigenvalue weighted by Gasteiger charge is 2.35. The number of nitrogens with zero attached hydrogens (tertiary/aromatic N) is 2. The quantitative estimate of drug-likeness (QED) is 0.197. The molecule has 0 spiro atoms. The van der Waals surface area contributed by atoms with Gasteiger partial charge in [-0.1, -0.05) is 18.2 Å². The molecule has 4 atom stereocenters. The lowest BCUT2D eigenvalue weighted by Gasteiger charge is -2.24. The minimum Gasteiger partial charge on any atom is -0.469 e. The van der Waals surface area contributed by atoms with E-state index in [4.69, 9.17) is 23.7 Å². The van der Waals surface area contributed by atoms with Crippen molar-refractivity contribution in [2.45, 2.75) is 45.2 Å². The van der Waals surface area contributed by atoms with E-state index in [1.807, 2.05) is 0 Å². The predicted molar refractivity (Wildman–Crippen MR) is 123 cm³/mol. The van der Waals surface area contributed by atoms with Gasteiger partial charge in [0.15, 0.2) is 5.82 Å². The third kappa shape index (κ3) is 7.13. The van der Waals surface area contributed by atoms with Gasteiger partial charge in [-0.2, -0.15) is 10.1 Å². The summed E-state index contributed by atoms with van der Waals surface area (Å²) in [6.45, 7) is 4.39. The van der Waals surface area contributed by atoms with E-state index >= 15 is 0 Å². The molecule has 0 fully saturated rings. The molecule has 2 aromatic rings. The van der Waals surface area contributed by atoms with Gasteiger partial charge in [-0.15, -0.1) is 0 Å². The van der Waals surface area contributed by atoms with E-state index < -0.39 is 44.4 Å². The molecule has 0 radical (unpaired) electrons. The van der Waals surface area contributed by atoms with Crippen molar-refractivity contribution in [2.75, 3.05) is 12.1 Å². The van der Waals surface area contributed by atoms with E-state index in [0.29, 0.717) is 0 Å². The van der Waals surface area contributed by atoms with Gasteiger partial charge in [0, 0.05) is 6.20 Å². The molecule has 3 rings (SSSR count). The fraction of sp³-hybridized carbons (Fsp3) is 0.381. The number of esters is 1. The lowest BCUT2D eigenvalue weighted by atomic mass is 10.3. The Hall–Kier alpha value is -3.22. The van der Waals surface area contributed by atoms with Gasteiger partial charge in [-0.3, -0.25) is 24.6 Å². The number of benzene rings is 1. The van der Waals surface area contributed by atoms with Gasteiger partial charge < -0.3 is 19.1 Å². The number of aliphatic hydroxyl groups excluding tert-OH is 1. The summed E-state index contributed by atoms with van der Waals surface area (Å²) >= 11 is 0. The monoisotopic (exact) mass is 510 g/mol. The van der Waals surface area contributed by atoms with Crippen molar-refractivity contribution in [3.05, 3.63) is 64.9 Å². The summed E-state index contributed by atoms with van der Waals surface area (Å²) in [6, 6.07) is 8.47. The predicted octanol–water partition coefficient (Wildman–Crippen LogP) is 1.95. The van der Waals surface area contributed by atoms with Gasteiger partial charge in [-0.05, 0) is 45.0 Å². The third-order valence-electron chi connectivity index (χ3n) is 4.54. The lowest BCUT2D eigenvalue weighted by Crippen LogP contribution is -2.36. The van der Waals surface area contributed by atoms with E-state index in [1.165, 1.54) is 25.3 Å². The number of aliphatic hydroxyl groups is 1. The molecule has 14 heteroatoms. The summed E-state index contributed by atoms with van der Waals surface area (Å²) in [5, 5.41) is 21.7. The Labute approximate surface area is 200 Å². The molecule has 0 saturated heterocycles. The molecule has 1 unspecified atom stereocenters. The average Bonchev–Trinajstić information content (AvgIpc) is 3.18. The highest BCUT2D eigenvalue weighted by molar-refractivity contribution is 7.52. The Morgan fingerprint density at radius 3 is 2.60 bits per heavy atom. The molecule has 0 amide bonds. The normalized spacial score (nSPS) is 19.9. The molecule has 1 aliphatic rings. The number of ether oxygens (including phenoxy) is 2. The molecule has 13 nitrogen and oxygen atoms in total. The molecule has 1 aromatic carbocycles. The van der Waals surface area contributed by atoms with Crippen LogP contribution < -0.4 is 20.8 Å². The maximum atomic E-state index is 13.5. The van der Waals surface area contributed by atoms with E-state index in [0.717, 1.165) is 4.57 Å². The van der Waals surface area contributed by atoms with Crippen LogP contribution in [0, 0.1) is 0 Å². The summed E-state index contributed by atoms with van der Waals surface area (Å²) in [5.74, 6) is -0.442. The van der Waals surface area contributed by atoms with Crippen LogP contribution in [-0.2, 0) is 23.4 Å². The van der Waals surface area contributed by atoms with Crippen LogP contribution in [0.1, 0.15) is 27.0 Å². The molecule has 1 aliphatic heterocycles. The van der Waals surface area contributed by atoms with Gasteiger partial charge in [0.05, 0.1) is 6.10 Å². The Bertz CT molecular complexity index is 1150. The second-order valence-electron chi connectivity index (χ2n) is 7.76. The van der Waals surface area contributed by atoms with Crippen LogP contribution in [0.5, 0.6) is 5.75 Å². The van der Waals surface area contributed by atoms with Crippen molar-refractivity contribution >= 4 is 19.5 Å². The molecular formula is C21H27N4O9P. The van der Waals surface area contributed by atoms with Crippen molar-refractivity contribution in [1.29, 1.82) is 0 Å². The Balaban J connectivity index is 1.72. The zero-order valence-electron chi connectivity index (χ0n) is 19.2.